The van der Waals surface area contributed by atoms with Crippen LogP contribution in [-0.4, -0.2) is 26.5 Å². The Morgan fingerprint density at radius 3 is 3.10 bits per heavy atom. The highest BCUT2D eigenvalue weighted by Crippen LogP contribution is 2.28. The van der Waals surface area contributed by atoms with Crippen molar-refractivity contribution in [1.82, 2.24) is 19.9 Å². The van der Waals surface area contributed by atoms with Crippen molar-refractivity contribution < 1.29 is 4.52 Å². The Morgan fingerprint density at radius 2 is 2.25 bits per heavy atom. The molecule has 3 aromatic rings. The van der Waals surface area contributed by atoms with Gasteiger partial charge in [0, 0.05) is 31.0 Å². The molecule has 2 aromatic heterocycles. The lowest BCUT2D eigenvalue weighted by molar-refractivity contribution is 0.432. The van der Waals surface area contributed by atoms with Crippen LogP contribution in [0.5, 0.6) is 0 Å². The average Bonchev–Trinajstić information content (AvgIpc) is 3.17. The number of aromatic nitrogens is 4. The zero-order valence-corrected chi connectivity index (χ0v) is 11.0. The molecule has 6 nitrogen and oxygen atoms in total. The maximum atomic E-state index is 5.36. The molecule has 0 bridgehead atoms. The number of anilines is 1. The number of aryl methyl sites for hydroxylation is 1. The van der Waals surface area contributed by atoms with Crippen LogP contribution in [-0.2, 0) is 13.5 Å². The van der Waals surface area contributed by atoms with Crippen molar-refractivity contribution >= 4 is 5.69 Å². The molecule has 20 heavy (non-hydrogen) atoms. The molecule has 0 aliphatic carbocycles. The number of fused-ring (bicyclic) bond motifs is 1. The maximum Gasteiger partial charge on any atom is 0.258 e. The van der Waals surface area contributed by atoms with E-state index in [2.05, 4.69) is 32.7 Å². The summed E-state index contributed by atoms with van der Waals surface area (Å²) < 4.78 is 7.07. The summed E-state index contributed by atoms with van der Waals surface area (Å²) in [5.74, 6) is 1.10. The summed E-state index contributed by atoms with van der Waals surface area (Å²) in [5, 5.41) is 11.5. The Hall–Kier alpha value is -2.63. The van der Waals surface area contributed by atoms with E-state index in [9.17, 15) is 0 Å². The zero-order valence-electron chi connectivity index (χ0n) is 11.0. The number of rotatable bonds is 2. The molecule has 0 amide bonds. The number of nitrogens with one attached hydrogen (secondary N) is 1. The second kappa shape index (κ2) is 4.19. The van der Waals surface area contributed by atoms with Crippen molar-refractivity contribution in [2.45, 2.75) is 6.42 Å². The van der Waals surface area contributed by atoms with Crippen LogP contribution in [0.25, 0.3) is 22.8 Å². The van der Waals surface area contributed by atoms with Crippen LogP contribution in [0.2, 0.25) is 0 Å². The molecule has 0 radical (unpaired) electrons. The summed E-state index contributed by atoms with van der Waals surface area (Å²) in [5.41, 5.74) is 4.30. The smallest absolute Gasteiger partial charge is 0.258 e. The molecule has 1 aromatic carbocycles. The summed E-state index contributed by atoms with van der Waals surface area (Å²) in [4.78, 5) is 4.44. The monoisotopic (exact) mass is 267 g/mol. The molecule has 100 valence electrons. The molecule has 1 aliphatic rings. The predicted molar refractivity (Wildman–Crippen MR) is 74.1 cm³/mol. The quantitative estimate of drug-likeness (QED) is 0.770. The maximum absolute atomic E-state index is 5.36. The van der Waals surface area contributed by atoms with E-state index < -0.39 is 0 Å². The number of benzene rings is 1. The Balaban J connectivity index is 1.71. The van der Waals surface area contributed by atoms with Crippen molar-refractivity contribution in [3.63, 3.8) is 0 Å². The molecule has 0 saturated carbocycles. The molecule has 3 heterocycles. The highest BCUT2D eigenvalue weighted by molar-refractivity contribution is 5.66. The lowest BCUT2D eigenvalue weighted by atomic mass is 10.1. The van der Waals surface area contributed by atoms with Crippen molar-refractivity contribution in [3.8, 4) is 22.8 Å². The Labute approximate surface area is 115 Å². The second-order valence-electron chi connectivity index (χ2n) is 4.87. The SMILES string of the molecule is Cn1cc(-c2noc(-c3ccc4c(c3)CCN4)n2)cn1. The summed E-state index contributed by atoms with van der Waals surface area (Å²) in [6.45, 7) is 0.990. The number of hydrogen-bond donors (Lipinski definition) is 1. The van der Waals surface area contributed by atoms with Gasteiger partial charge < -0.3 is 9.84 Å². The fraction of sp³-hybridized carbons (Fsp3) is 0.214. The first-order valence-corrected chi connectivity index (χ1v) is 6.49. The average molecular weight is 267 g/mol. The van der Waals surface area contributed by atoms with E-state index in [1.54, 1.807) is 10.9 Å². The highest BCUT2D eigenvalue weighted by atomic mass is 16.5. The van der Waals surface area contributed by atoms with Crippen LogP contribution < -0.4 is 5.32 Å². The van der Waals surface area contributed by atoms with E-state index >= 15 is 0 Å². The fourth-order valence-corrected chi connectivity index (χ4v) is 2.43. The Bertz CT molecular complexity index is 773. The van der Waals surface area contributed by atoms with Crippen LogP contribution in [0.1, 0.15) is 5.56 Å². The molecule has 0 unspecified atom stereocenters. The van der Waals surface area contributed by atoms with Gasteiger partial charge >= 0.3 is 0 Å². The third kappa shape index (κ3) is 1.77. The topological polar surface area (TPSA) is 68.8 Å². The van der Waals surface area contributed by atoms with Gasteiger partial charge in [0.15, 0.2) is 0 Å². The molecule has 4 rings (SSSR count). The number of nitrogens with zero attached hydrogens (tertiary/aromatic N) is 4. The molecular weight excluding hydrogens is 254 g/mol. The van der Waals surface area contributed by atoms with E-state index in [0.717, 1.165) is 24.1 Å². The molecule has 0 atom stereocenters. The van der Waals surface area contributed by atoms with Crippen LogP contribution in [0, 0.1) is 0 Å². The summed E-state index contributed by atoms with van der Waals surface area (Å²) in [7, 11) is 1.86. The van der Waals surface area contributed by atoms with Gasteiger partial charge in [0.2, 0.25) is 5.82 Å². The highest BCUT2D eigenvalue weighted by Gasteiger charge is 2.15. The molecule has 0 saturated heterocycles. The van der Waals surface area contributed by atoms with E-state index in [1.165, 1.54) is 11.3 Å². The van der Waals surface area contributed by atoms with Crippen LogP contribution in [0.15, 0.2) is 35.1 Å². The minimum absolute atomic E-state index is 0.540. The standard InChI is InChI=1S/C14H13N5O/c1-19-8-11(7-16-19)13-17-14(20-18-13)10-2-3-12-9(6-10)4-5-15-12/h2-3,6-8,15H,4-5H2,1H3. The molecule has 0 spiro atoms. The van der Waals surface area contributed by atoms with Crippen LogP contribution in [0.3, 0.4) is 0 Å². The second-order valence-corrected chi connectivity index (χ2v) is 4.87. The lowest BCUT2D eigenvalue weighted by Crippen LogP contribution is -1.90. The number of hydrogen-bond acceptors (Lipinski definition) is 5. The molecular formula is C14H13N5O. The Morgan fingerprint density at radius 1 is 1.30 bits per heavy atom. The first kappa shape index (κ1) is 11.2. The third-order valence-corrected chi connectivity index (χ3v) is 3.45. The van der Waals surface area contributed by atoms with Gasteiger partial charge in [0.25, 0.3) is 5.89 Å². The van der Waals surface area contributed by atoms with Crippen molar-refractivity contribution in [3.05, 3.63) is 36.2 Å². The molecule has 6 heteroatoms. The van der Waals surface area contributed by atoms with E-state index in [-0.39, 0.29) is 0 Å². The first-order valence-electron chi connectivity index (χ1n) is 6.49. The predicted octanol–water partition coefficient (Wildman–Crippen LogP) is 2.11. The van der Waals surface area contributed by atoms with Gasteiger partial charge in [-0.3, -0.25) is 4.68 Å². The van der Waals surface area contributed by atoms with Crippen molar-refractivity contribution in [2.24, 2.45) is 7.05 Å². The lowest BCUT2D eigenvalue weighted by Gasteiger charge is -2.00. The minimum Gasteiger partial charge on any atom is -0.384 e. The van der Waals surface area contributed by atoms with Gasteiger partial charge in [-0.1, -0.05) is 5.16 Å². The van der Waals surface area contributed by atoms with E-state index in [0.29, 0.717) is 11.7 Å². The van der Waals surface area contributed by atoms with Crippen LogP contribution in [0.4, 0.5) is 5.69 Å². The Kier molecular flexibility index (Phi) is 2.35. The molecule has 1 aliphatic heterocycles. The van der Waals surface area contributed by atoms with Crippen LogP contribution >= 0.6 is 0 Å². The van der Waals surface area contributed by atoms with Gasteiger partial charge in [0.05, 0.1) is 11.8 Å². The van der Waals surface area contributed by atoms with Gasteiger partial charge in [0.1, 0.15) is 0 Å². The van der Waals surface area contributed by atoms with Gasteiger partial charge in [-0.05, 0) is 30.2 Å². The summed E-state index contributed by atoms with van der Waals surface area (Å²) in [6.07, 6.45) is 4.62. The van der Waals surface area contributed by atoms with E-state index in [4.69, 9.17) is 4.52 Å². The van der Waals surface area contributed by atoms with E-state index in [1.807, 2.05) is 19.3 Å². The van der Waals surface area contributed by atoms with Gasteiger partial charge in [-0.25, -0.2) is 0 Å². The van der Waals surface area contributed by atoms with Crippen molar-refractivity contribution in [2.75, 3.05) is 11.9 Å². The fourth-order valence-electron chi connectivity index (χ4n) is 2.43. The van der Waals surface area contributed by atoms with Gasteiger partial charge in [-0.2, -0.15) is 10.1 Å². The molecule has 0 fully saturated rings. The molecule has 1 N–H and O–H groups in total. The summed E-state index contributed by atoms with van der Waals surface area (Å²) >= 11 is 0. The first-order chi connectivity index (χ1) is 9.79. The van der Waals surface area contributed by atoms with Gasteiger partial charge in [-0.15, -0.1) is 0 Å². The van der Waals surface area contributed by atoms with Crippen molar-refractivity contribution in [1.29, 1.82) is 0 Å². The summed E-state index contributed by atoms with van der Waals surface area (Å²) in [6, 6.07) is 6.17. The minimum atomic E-state index is 0.540. The normalized spacial score (nSPS) is 13.2. The third-order valence-electron chi connectivity index (χ3n) is 3.45. The zero-order chi connectivity index (χ0) is 13.5. The largest absolute Gasteiger partial charge is 0.384 e.